The summed E-state index contributed by atoms with van der Waals surface area (Å²) >= 11 is 1.30. The number of carbonyl (C=O) groups excluding carboxylic acids is 1. The molecule has 1 amide bonds. The fourth-order valence-corrected chi connectivity index (χ4v) is 3.95. The summed E-state index contributed by atoms with van der Waals surface area (Å²) in [6.45, 7) is 2.85. The Kier molecular flexibility index (Phi) is 7.08. The SMILES string of the molecule is CCOc1ccc(N=C2NC(=O)/C(=C/c3ccc(OCc4ccccc4C#N)cc3)S2)cc1. The van der Waals surface area contributed by atoms with E-state index in [2.05, 4.69) is 16.4 Å². The van der Waals surface area contributed by atoms with Gasteiger partial charge in [0.2, 0.25) is 0 Å². The molecule has 1 heterocycles. The molecule has 1 saturated heterocycles. The topological polar surface area (TPSA) is 83.7 Å². The van der Waals surface area contributed by atoms with E-state index in [0.29, 0.717) is 34.6 Å². The second kappa shape index (κ2) is 10.5. The molecule has 3 aromatic carbocycles. The van der Waals surface area contributed by atoms with E-state index in [0.717, 1.165) is 22.6 Å². The Hall–Kier alpha value is -4.02. The summed E-state index contributed by atoms with van der Waals surface area (Å²) in [5.41, 5.74) is 3.05. The Morgan fingerprint density at radius 3 is 2.42 bits per heavy atom. The highest BCUT2D eigenvalue weighted by Gasteiger charge is 2.23. The van der Waals surface area contributed by atoms with E-state index in [1.807, 2.05) is 79.7 Å². The highest BCUT2D eigenvalue weighted by molar-refractivity contribution is 8.18. The predicted molar refractivity (Wildman–Crippen MR) is 130 cm³/mol. The summed E-state index contributed by atoms with van der Waals surface area (Å²) in [6.07, 6.45) is 1.81. The second-order valence-electron chi connectivity index (χ2n) is 7.04. The number of amidine groups is 1. The minimum absolute atomic E-state index is 0.182. The quantitative estimate of drug-likeness (QED) is 0.481. The third-order valence-corrected chi connectivity index (χ3v) is 5.65. The van der Waals surface area contributed by atoms with Gasteiger partial charge < -0.3 is 14.8 Å². The molecular weight excluding hydrogens is 434 g/mol. The predicted octanol–water partition coefficient (Wildman–Crippen LogP) is 5.43. The van der Waals surface area contributed by atoms with Crippen molar-refractivity contribution in [3.05, 3.63) is 94.4 Å². The standard InChI is InChI=1S/C26H21N3O3S/c1-2-31-22-13-9-21(10-14-22)28-26-29-25(30)24(33-26)15-18-7-11-23(12-8-18)32-17-20-6-4-3-5-19(20)16-27/h3-15H,2,17H2,1H3,(H,28,29,30)/b24-15-. The Bertz CT molecular complexity index is 1240. The molecular formula is C26H21N3O3S. The number of amides is 1. The minimum atomic E-state index is -0.182. The molecule has 0 spiro atoms. The first-order valence-electron chi connectivity index (χ1n) is 10.4. The summed E-state index contributed by atoms with van der Waals surface area (Å²) in [6, 6.07) is 24.4. The summed E-state index contributed by atoms with van der Waals surface area (Å²) in [4.78, 5) is 17.4. The zero-order valence-electron chi connectivity index (χ0n) is 17.9. The van der Waals surface area contributed by atoms with E-state index in [9.17, 15) is 10.1 Å². The lowest BCUT2D eigenvalue weighted by Gasteiger charge is -2.07. The summed E-state index contributed by atoms with van der Waals surface area (Å²) < 4.78 is 11.2. The van der Waals surface area contributed by atoms with Crippen LogP contribution in [0.5, 0.6) is 11.5 Å². The van der Waals surface area contributed by atoms with Gasteiger partial charge in [0.1, 0.15) is 18.1 Å². The average molecular weight is 456 g/mol. The molecule has 33 heavy (non-hydrogen) atoms. The van der Waals surface area contributed by atoms with Gasteiger partial charge in [0, 0.05) is 5.56 Å². The normalized spacial score (nSPS) is 15.3. The highest BCUT2D eigenvalue weighted by Crippen LogP contribution is 2.29. The summed E-state index contributed by atoms with van der Waals surface area (Å²) in [5.74, 6) is 1.29. The van der Waals surface area contributed by atoms with Gasteiger partial charge in [0.15, 0.2) is 5.17 Å². The zero-order valence-corrected chi connectivity index (χ0v) is 18.8. The molecule has 1 fully saturated rings. The molecule has 1 aliphatic rings. The van der Waals surface area contributed by atoms with Gasteiger partial charge in [-0.15, -0.1) is 0 Å². The molecule has 6 nitrogen and oxygen atoms in total. The van der Waals surface area contributed by atoms with E-state index >= 15 is 0 Å². The van der Waals surface area contributed by atoms with Gasteiger partial charge in [-0.25, -0.2) is 4.99 Å². The van der Waals surface area contributed by atoms with Crippen LogP contribution < -0.4 is 14.8 Å². The van der Waals surface area contributed by atoms with E-state index in [1.165, 1.54) is 11.8 Å². The van der Waals surface area contributed by atoms with Crippen molar-refractivity contribution in [2.75, 3.05) is 6.61 Å². The maximum absolute atomic E-state index is 12.4. The lowest BCUT2D eigenvalue weighted by atomic mass is 10.1. The van der Waals surface area contributed by atoms with E-state index < -0.39 is 0 Å². The van der Waals surface area contributed by atoms with Crippen molar-refractivity contribution in [3.8, 4) is 17.6 Å². The smallest absolute Gasteiger partial charge is 0.264 e. The van der Waals surface area contributed by atoms with Crippen LogP contribution >= 0.6 is 11.8 Å². The Morgan fingerprint density at radius 2 is 1.70 bits per heavy atom. The van der Waals surface area contributed by atoms with Crippen molar-refractivity contribution in [1.82, 2.24) is 5.32 Å². The Balaban J connectivity index is 1.39. The van der Waals surface area contributed by atoms with Crippen molar-refractivity contribution >= 4 is 34.6 Å². The third-order valence-electron chi connectivity index (χ3n) is 4.74. The largest absolute Gasteiger partial charge is 0.494 e. The van der Waals surface area contributed by atoms with Crippen LogP contribution in [0, 0.1) is 11.3 Å². The van der Waals surface area contributed by atoms with Gasteiger partial charge in [-0.05, 0) is 72.8 Å². The summed E-state index contributed by atoms with van der Waals surface area (Å²) in [5, 5.41) is 12.5. The van der Waals surface area contributed by atoms with Crippen LogP contribution in [0.3, 0.4) is 0 Å². The molecule has 0 atom stereocenters. The van der Waals surface area contributed by atoms with Crippen molar-refractivity contribution in [2.45, 2.75) is 13.5 Å². The first-order chi connectivity index (χ1) is 16.1. The molecule has 1 N–H and O–H groups in total. The van der Waals surface area contributed by atoms with Gasteiger partial charge >= 0.3 is 0 Å². The molecule has 164 valence electrons. The van der Waals surface area contributed by atoms with Crippen molar-refractivity contribution in [1.29, 1.82) is 5.26 Å². The number of hydrogen-bond donors (Lipinski definition) is 1. The maximum atomic E-state index is 12.4. The zero-order chi connectivity index (χ0) is 23.0. The number of aliphatic imine (C=N–C) groups is 1. The molecule has 7 heteroatoms. The lowest BCUT2D eigenvalue weighted by Crippen LogP contribution is -2.19. The van der Waals surface area contributed by atoms with Crippen LogP contribution in [-0.2, 0) is 11.4 Å². The molecule has 3 aromatic rings. The third kappa shape index (κ3) is 5.82. The van der Waals surface area contributed by atoms with Crippen LogP contribution in [0.4, 0.5) is 5.69 Å². The molecule has 4 rings (SSSR count). The van der Waals surface area contributed by atoms with Crippen LogP contribution in [0.2, 0.25) is 0 Å². The fourth-order valence-electron chi connectivity index (χ4n) is 3.11. The fraction of sp³-hybridized carbons (Fsp3) is 0.115. The molecule has 1 aliphatic heterocycles. The van der Waals surface area contributed by atoms with E-state index in [-0.39, 0.29) is 5.91 Å². The number of hydrogen-bond acceptors (Lipinski definition) is 6. The Labute approximate surface area is 196 Å². The number of benzene rings is 3. The lowest BCUT2D eigenvalue weighted by molar-refractivity contribution is -0.115. The van der Waals surface area contributed by atoms with Crippen LogP contribution in [0.15, 0.2) is 82.7 Å². The van der Waals surface area contributed by atoms with Gasteiger partial charge in [-0.3, -0.25) is 4.79 Å². The minimum Gasteiger partial charge on any atom is -0.494 e. The molecule has 0 unspecified atom stereocenters. The number of nitrogens with zero attached hydrogens (tertiary/aromatic N) is 2. The summed E-state index contributed by atoms with van der Waals surface area (Å²) in [7, 11) is 0. The maximum Gasteiger partial charge on any atom is 0.264 e. The Morgan fingerprint density at radius 1 is 1.00 bits per heavy atom. The molecule has 0 aromatic heterocycles. The van der Waals surface area contributed by atoms with Crippen LogP contribution in [-0.4, -0.2) is 17.7 Å². The van der Waals surface area contributed by atoms with Crippen molar-refractivity contribution < 1.29 is 14.3 Å². The number of rotatable bonds is 7. The number of nitrogens with one attached hydrogen (secondary N) is 1. The highest BCUT2D eigenvalue weighted by atomic mass is 32.2. The number of nitriles is 1. The average Bonchev–Trinajstić information content (AvgIpc) is 3.18. The molecule has 0 bridgehead atoms. The van der Waals surface area contributed by atoms with Gasteiger partial charge in [0.25, 0.3) is 5.91 Å². The first kappa shape index (κ1) is 22.2. The number of carbonyl (C=O) groups is 1. The van der Waals surface area contributed by atoms with Gasteiger partial charge in [0.05, 0.1) is 28.8 Å². The van der Waals surface area contributed by atoms with Gasteiger partial charge in [-0.1, -0.05) is 30.3 Å². The van der Waals surface area contributed by atoms with Crippen molar-refractivity contribution in [2.24, 2.45) is 4.99 Å². The monoisotopic (exact) mass is 455 g/mol. The van der Waals surface area contributed by atoms with Gasteiger partial charge in [-0.2, -0.15) is 5.26 Å². The van der Waals surface area contributed by atoms with E-state index in [4.69, 9.17) is 9.47 Å². The van der Waals surface area contributed by atoms with E-state index in [1.54, 1.807) is 6.07 Å². The molecule has 0 aliphatic carbocycles. The second-order valence-corrected chi connectivity index (χ2v) is 8.07. The van der Waals surface area contributed by atoms with Crippen LogP contribution in [0.1, 0.15) is 23.6 Å². The number of ether oxygens (including phenoxy) is 2. The van der Waals surface area contributed by atoms with Crippen molar-refractivity contribution in [3.63, 3.8) is 0 Å². The van der Waals surface area contributed by atoms with Crippen LogP contribution in [0.25, 0.3) is 6.08 Å². The molecule has 0 saturated carbocycles. The molecule has 0 radical (unpaired) electrons. The first-order valence-corrected chi connectivity index (χ1v) is 11.2. The number of thioether (sulfide) groups is 1.